The highest BCUT2D eigenvalue weighted by Crippen LogP contribution is 2.34. The lowest BCUT2D eigenvalue weighted by Gasteiger charge is -2.49. The summed E-state index contributed by atoms with van der Waals surface area (Å²) < 4.78 is 0. The maximum absolute atomic E-state index is 3.68. The van der Waals surface area contributed by atoms with E-state index in [0.717, 1.165) is 13.1 Å². The molecule has 0 saturated carbocycles. The van der Waals surface area contributed by atoms with Gasteiger partial charge in [0.2, 0.25) is 0 Å². The van der Waals surface area contributed by atoms with E-state index in [1.807, 2.05) is 0 Å². The lowest BCUT2D eigenvalue weighted by Crippen LogP contribution is -2.60. The fourth-order valence-electron chi connectivity index (χ4n) is 4.24. The van der Waals surface area contributed by atoms with Gasteiger partial charge in [0.25, 0.3) is 0 Å². The fraction of sp³-hybridized carbons (Fsp3) is 0.889. The van der Waals surface area contributed by atoms with Crippen molar-refractivity contribution in [1.29, 1.82) is 0 Å². The normalized spacial score (nSPS) is 18.8. The Morgan fingerprint density at radius 3 is 2.25 bits per heavy atom. The van der Waals surface area contributed by atoms with Crippen LogP contribution in [0.25, 0.3) is 0 Å². The van der Waals surface area contributed by atoms with Gasteiger partial charge in [0.05, 0.1) is 0 Å². The lowest BCUT2D eigenvalue weighted by molar-refractivity contribution is 0.0626. The van der Waals surface area contributed by atoms with Crippen LogP contribution >= 0.6 is 0 Å². The van der Waals surface area contributed by atoms with Crippen LogP contribution in [-0.2, 0) is 0 Å². The molecule has 118 valence electrons. The zero-order valence-electron chi connectivity index (χ0n) is 14.5. The largest absolute Gasteiger partial charge is 0.312 e. The number of nitrogens with zero attached hydrogens (tertiary/aromatic N) is 1. The van der Waals surface area contributed by atoms with Crippen LogP contribution in [0.2, 0.25) is 0 Å². The second kappa shape index (κ2) is 8.84. The summed E-state index contributed by atoms with van der Waals surface area (Å²) >= 11 is 0. The summed E-state index contributed by atoms with van der Waals surface area (Å²) in [6, 6.07) is 0.510. The standard InChI is InChI=1S/C18H36N2/c1-6-18(7-2,20(8-3)9-4)17(19-5)16-14-12-10-11-13-15-16/h14,17,19H,6-13,15H2,1-5H3. The van der Waals surface area contributed by atoms with E-state index >= 15 is 0 Å². The van der Waals surface area contributed by atoms with Gasteiger partial charge in [-0.05, 0) is 58.7 Å². The van der Waals surface area contributed by atoms with E-state index in [2.05, 4.69) is 51.0 Å². The molecule has 1 aliphatic rings. The smallest absolute Gasteiger partial charge is 0.0463 e. The average molecular weight is 281 g/mol. The Morgan fingerprint density at radius 2 is 1.75 bits per heavy atom. The Bertz CT molecular complexity index is 288. The summed E-state index contributed by atoms with van der Waals surface area (Å²) in [5.41, 5.74) is 1.94. The van der Waals surface area contributed by atoms with Gasteiger partial charge in [0.1, 0.15) is 0 Å². The van der Waals surface area contributed by atoms with Crippen molar-refractivity contribution in [3.63, 3.8) is 0 Å². The topological polar surface area (TPSA) is 15.3 Å². The van der Waals surface area contributed by atoms with Gasteiger partial charge in [-0.2, -0.15) is 0 Å². The van der Waals surface area contributed by atoms with Gasteiger partial charge in [-0.15, -0.1) is 0 Å². The highest BCUT2D eigenvalue weighted by molar-refractivity contribution is 5.20. The summed E-state index contributed by atoms with van der Waals surface area (Å²) in [7, 11) is 2.15. The van der Waals surface area contributed by atoms with Crippen LogP contribution in [0.15, 0.2) is 11.6 Å². The average Bonchev–Trinajstić information content (AvgIpc) is 2.76. The van der Waals surface area contributed by atoms with E-state index in [1.54, 1.807) is 5.57 Å². The molecule has 1 atom stereocenters. The zero-order chi connectivity index (χ0) is 15.0. The summed E-state index contributed by atoms with van der Waals surface area (Å²) in [5.74, 6) is 0. The molecule has 1 unspecified atom stereocenters. The van der Waals surface area contributed by atoms with Crippen molar-refractivity contribution < 1.29 is 0 Å². The van der Waals surface area contributed by atoms with E-state index in [4.69, 9.17) is 0 Å². The predicted molar refractivity (Wildman–Crippen MR) is 90.2 cm³/mol. The molecule has 1 aliphatic carbocycles. The summed E-state index contributed by atoms with van der Waals surface area (Å²) in [6.45, 7) is 11.6. The molecule has 0 bridgehead atoms. The third-order valence-corrected chi connectivity index (χ3v) is 5.39. The Hall–Kier alpha value is -0.340. The molecule has 1 N–H and O–H groups in total. The first-order valence-corrected chi connectivity index (χ1v) is 8.81. The maximum Gasteiger partial charge on any atom is 0.0463 e. The van der Waals surface area contributed by atoms with Gasteiger partial charge < -0.3 is 5.32 Å². The van der Waals surface area contributed by atoms with Crippen LogP contribution in [0, 0.1) is 0 Å². The quantitative estimate of drug-likeness (QED) is 0.664. The van der Waals surface area contributed by atoms with Crippen molar-refractivity contribution >= 4 is 0 Å². The van der Waals surface area contributed by atoms with Gasteiger partial charge in [0, 0.05) is 11.6 Å². The summed E-state index contributed by atoms with van der Waals surface area (Å²) in [4.78, 5) is 2.68. The van der Waals surface area contributed by atoms with Crippen LogP contribution in [0.3, 0.4) is 0 Å². The van der Waals surface area contributed by atoms with Crippen molar-refractivity contribution in [3.8, 4) is 0 Å². The molecule has 0 aromatic rings. The first-order chi connectivity index (χ1) is 9.69. The molecule has 0 aliphatic heterocycles. The highest BCUT2D eigenvalue weighted by Gasteiger charge is 2.40. The minimum atomic E-state index is 0.272. The van der Waals surface area contributed by atoms with E-state index < -0.39 is 0 Å². The van der Waals surface area contributed by atoms with Gasteiger partial charge in [-0.25, -0.2) is 0 Å². The molecular formula is C18H36N2. The van der Waals surface area contributed by atoms with Crippen LogP contribution < -0.4 is 5.32 Å². The molecule has 0 fully saturated rings. The van der Waals surface area contributed by atoms with Crippen LogP contribution in [0.1, 0.15) is 72.6 Å². The molecule has 2 nitrogen and oxygen atoms in total. The first-order valence-electron chi connectivity index (χ1n) is 8.81. The predicted octanol–water partition coefficient (Wildman–Crippen LogP) is 4.37. The number of nitrogens with one attached hydrogen (secondary N) is 1. The minimum absolute atomic E-state index is 0.272. The summed E-state index contributed by atoms with van der Waals surface area (Å²) in [6.07, 6.45) is 11.7. The number of allylic oxidation sites excluding steroid dienone is 1. The van der Waals surface area contributed by atoms with Crippen molar-refractivity contribution in [2.75, 3.05) is 20.1 Å². The second-order valence-corrected chi connectivity index (χ2v) is 6.08. The van der Waals surface area contributed by atoms with Crippen molar-refractivity contribution in [2.45, 2.75) is 84.2 Å². The first kappa shape index (κ1) is 17.7. The Kier molecular flexibility index (Phi) is 7.83. The van der Waals surface area contributed by atoms with E-state index in [9.17, 15) is 0 Å². The van der Waals surface area contributed by atoms with Crippen LogP contribution in [-0.4, -0.2) is 36.6 Å². The van der Waals surface area contributed by atoms with Gasteiger partial charge in [0.15, 0.2) is 0 Å². The molecule has 2 heteroatoms. The number of likely N-dealkylation sites (N-methyl/N-ethyl adjacent to an activating group) is 2. The van der Waals surface area contributed by atoms with Crippen molar-refractivity contribution in [3.05, 3.63) is 11.6 Å². The Morgan fingerprint density at radius 1 is 1.10 bits per heavy atom. The Labute approximate surface area is 127 Å². The van der Waals surface area contributed by atoms with E-state index in [0.29, 0.717) is 6.04 Å². The molecule has 0 radical (unpaired) electrons. The number of hydrogen-bond acceptors (Lipinski definition) is 2. The van der Waals surface area contributed by atoms with Crippen molar-refractivity contribution in [1.82, 2.24) is 10.2 Å². The molecule has 0 aromatic carbocycles. The number of rotatable bonds is 8. The van der Waals surface area contributed by atoms with Gasteiger partial charge in [-0.1, -0.05) is 45.8 Å². The van der Waals surface area contributed by atoms with Crippen molar-refractivity contribution in [2.24, 2.45) is 0 Å². The SMILES string of the molecule is CCN(CC)C(CC)(CC)C(NC)C1=CCCCCC1. The summed E-state index contributed by atoms with van der Waals surface area (Å²) in [5, 5.41) is 3.68. The van der Waals surface area contributed by atoms with Crippen LogP contribution in [0.4, 0.5) is 0 Å². The van der Waals surface area contributed by atoms with E-state index in [-0.39, 0.29) is 5.54 Å². The number of hydrogen-bond donors (Lipinski definition) is 1. The molecule has 0 amide bonds. The third-order valence-electron chi connectivity index (χ3n) is 5.39. The molecular weight excluding hydrogens is 244 g/mol. The molecule has 1 rings (SSSR count). The molecule has 20 heavy (non-hydrogen) atoms. The third kappa shape index (κ3) is 3.65. The lowest BCUT2D eigenvalue weighted by atomic mass is 9.77. The highest BCUT2D eigenvalue weighted by atomic mass is 15.2. The molecule has 0 saturated heterocycles. The molecule has 0 spiro atoms. The fourth-order valence-corrected chi connectivity index (χ4v) is 4.24. The Balaban J connectivity index is 3.10. The second-order valence-electron chi connectivity index (χ2n) is 6.08. The minimum Gasteiger partial charge on any atom is -0.312 e. The molecule has 0 aromatic heterocycles. The van der Waals surface area contributed by atoms with E-state index in [1.165, 1.54) is 44.9 Å². The van der Waals surface area contributed by atoms with Gasteiger partial charge in [-0.3, -0.25) is 4.90 Å². The van der Waals surface area contributed by atoms with Crippen LogP contribution in [0.5, 0.6) is 0 Å². The van der Waals surface area contributed by atoms with Gasteiger partial charge >= 0.3 is 0 Å². The monoisotopic (exact) mass is 280 g/mol. The molecule has 0 heterocycles. The maximum atomic E-state index is 3.68. The zero-order valence-corrected chi connectivity index (χ0v) is 14.5.